The smallest absolute Gasteiger partial charge is 0.148 e. The fraction of sp³-hybridized carbons (Fsp3) is 0.778. The molecular formula is C9H13BrN2O2S. The Hall–Kier alpha value is -0.0400. The molecule has 84 valence electrons. The van der Waals surface area contributed by atoms with Crippen molar-refractivity contribution in [3.8, 4) is 0 Å². The van der Waals surface area contributed by atoms with Crippen molar-refractivity contribution in [3.05, 3.63) is 10.0 Å². The van der Waals surface area contributed by atoms with Gasteiger partial charge in [0.05, 0.1) is 24.6 Å². The Kier molecular flexibility index (Phi) is 4.07. The van der Waals surface area contributed by atoms with Gasteiger partial charge < -0.3 is 9.47 Å². The van der Waals surface area contributed by atoms with Crippen LogP contribution < -0.4 is 0 Å². The Balaban J connectivity index is 2.05. The maximum Gasteiger partial charge on any atom is 0.148 e. The van der Waals surface area contributed by atoms with Gasteiger partial charge in [0.15, 0.2) is 0 Å². The van der Waals surface area contributed by atoms with Crippen molar-refractivity contribution in [2.45, 2.75) is 24.3 Å². The summed E-state index contributed by atoms with van der Waals surface area (Å²) in [6.45, 7) is 4.03. The largest absolute Gasteiger partial charge is 0.376 e. The van der Waals surface area contributed by atoms with Gasteiger partial charge in [-0.1, -0.05) is 34.2 Å². The van der Waals surface area contributed by atoms with Gasteiger partial charge in [0.1, 0.15) is 16.1 Å². The highest BCUT2D eigenvalue weighted by Crippen LogP contribution is 2.32. The third kappa shape index (κ3) is 2.75. The minimum absolute atomic E-state index is 0.0263. The Bertz CT molecular complexity index is 315. The van der Waals surface area contributed by atoms with Gasteiger partial charge in [-0.05, 0) is 6.42 Å². The van der Waals surface area contributed by atoms with Crippen molar-refractivity contribution in [1.29, 1.82) is 0 Å². The molecule has 0 saturated carbocycles. The molecule has 0 bridgehead atoms. The number of ether oxygens (including phenoxy) is 2. The lowest BCUT2D eigenvalue weighted by Crippen LogP contribution is -2.21. The van der Waals surface area contributed by atoms with Gasteiger partial charge in [0.25, 0.3) is 0 Å². The average molecular weight is 293 g/mol. The molecule has 2 atom stereocenters. The van der Waals surface area contributed by atoms with Crippen molar-refractivity contribution in [3.63, 3.8) is 0 Å². The average Bonchev–Trinajstić information content (AvgIpc) is 2.78. The van der Waals surface area contributed by atoms with E-state index in [1.165, 1.54) is 0 Å². The third-order valence-electron chi connectivity index (χ3n) is 2.17. The van der Waals surface area contributed by atoms with Crippen LogP contribution in [-0.2, 0) is 9.47 Å². The number of hydrogen-bond donors (Lipinski definition) is 0. The van der Waals surface area contributed by atoms with E-state index in [1.54, 1.807) is 11.3 Å². The SMILES string of the molecule is CCC(Br)c1nnc(C2COCCO2)s1. The highest BCUT2D eigenvalue weighted by Gasteiger charge is 2.22. The van der Waals surface area contributed by atoms with Crippen molar-refractivity contribution < 1.29 is 9.47 Å². The number of alkyl halides is 1. The van der Waals surface area contributed by atoms with Gasteiger partial charge in [0.2, 0.25) is 0 Å². The van der Waals surface area contributed by atoms with Gasteiger partial charge in [-0.25, -0.2) is 0 Å². The van der Waals surface area contributed by atoms with Crippen molar-refractivity contribution in [2.24, 2.45) is 0 Å². The Labute approximate surface area is 101 Å². The van der Waals surface area contributed by atoms with Crippen LogP contribution >= 0.6 is 27.3 Å². The first-order valence-corrected chi connectivity index (χ1v) is 6.71. The predicted octanol–water partition coefficient (Wildman–Crippen LogP) is 2.47. The highest BCUT2D eigenvalue weighted by atomic mass is 79.9. The molecule has 0 aromatic carbocycles. The summed E-state index contributed by atoms with van der Waals surface area (Å²) in [6, 6.07) is 0. The molecule has 15 heavy (non-hydrogen) atoms. The second-order valence-corrected chi connectivity index (χ2v) is 5.43. The molecule has 1 aromatic heterocycles. The lowest BCUT2D eigenvalue weighted by molar-refractivity contribution is -0.0903. The maximum absolute atomic E-state index is 5.56. The summed E-state index contributed by atoms with van der Waals surface area (Å²) >= 11 is 5.16. The second kappa shape index (κ2) is 5.34. The van der Waals surface area contributed by atoms with E-state index in [0.29, 0.717) is 24.6 Å². The summed E-state index contributed by atoms with van der Waals surface area (Å²) in [6.07, 6.45) is 0.984. The molecule has 2 heterocycles. The number of hydrogen-bond acceptors (Lipinski definition) is 5. The Morgan fingerprint density at radius 1 is 1.53 bits per heavy atom. The lowest BCUT2D eigenvalue weighted by atomic mass is 10.4. The third-order valence-corrected chi connectivity index (χ3v) is 4.69. The van der Waals surface area contributed by atoms with E-state index in [9.17, 15) is 0 Å². The molecule has 2 rings (SSSR count). The summed E-state index contributed by atoms with van der Waals surface area (Å²) < 4.78 is 10.9. The van der Waals surface area contributed by atoms with Crippen LogP contribution in [0.5, 0.6) is 0 Å². The van der Waals surface area contributed by atoms with Crippen LogP contribution in [0.3, 0.4) is 0 Å². The lowest BCUT2D eigenvalue weighted by Gasteiger charge is -2.20. The van der Waals surface area contributed by atoms with Crippen LogP contribution in [0.1, 0.15) is 34.3 Å². The van der Waals surface area contributed by atoms with E-state index in [-0.39, 0.29) is 6.10 Å². The standard InChI is InChI=1S/C9H13BrN2O2S/c1-2-6(10)8-11-12-9(15-8)7-5-13-3-4-14-7/h6-7H,2-5H2,1H3. The molecule has 0 radical (unpaired) electrons. The summed E-state index contributed by atoms with van der Waals surface area (Å²) in [7, 11) is 0. The summed E-state index contributed by atoms with van der Waals surface area (Å²) in [5.41, 5.74) is 0. The van der Waals surface area contributed by atoms with E-state index in [2.05, 4.69) is 33.1 Å². The Morgan fingerprint density at radius 3 is 3.07 bits per heavy atom. The maximum atomic E-state index is 5.56. The van der Waals surface area contributed by atoms with Crippen molar-refractivity contribution in [1.82, 2.24) is 10.2 Å². The minimum Gasteiger partial charge on any atom is -0.376 e. The Morgan fingerprint density at radius 2 is 2.40 bits per heavy atom. The monoisotopic (exact) mass is 292 g/mol. The van der Waals surface area contributed by atoms with Crippen LogP contribution in [0.25, 0.3) is 0 Å². The van der Waals surface area contributed by atoms with Crippen LogP contribution in [0.4, 0.5) is 0 Å². The summed E-state index contributed by atoms with van der Waals surface area (Å²) in [4.78, 5) is 0.299. The predicted molar refractivity (Wildman–Crippen MR) is 61.4 cm³/mol. The number of nitrogens with zero attached hydrogens (tertiary/aromatic N) is 2. The van der Waals surface area contributed by atoms with Crippen LogP contribution in [0, 0.1) is 0 Å². The zero-order valence-electron chi connectivity index (χ0n) is 8.48. The first-order chi connectivity index (χ1) is 7.31. The summed E-state index contributed by atoms with van der Waals surface area (Å²) in [5.74, 6) is 0. The van der Waals surface area contributed by atoms with Gasteiger partial charge in [-0.3, -0.25) is 0 Å². The van der Waals surface area contributed by atoms with Gasteiger partial charge in [-0.2, -0.15) is 0 Å². The molecule has 2 unspecified atom stereocenters. The van der Waals surface area contributed by atoms with E-state index in [4.69, 9.17) is 9.47 Å². The fourth-order valence-corrected chi connectivity index (χ4v) is 2.62. The number of aromatic nitrogens is 2. The van der Waals surface area contributed by atoms with Gasteiger partial charge >= 0.3 is 0 Å². The molecule has 6 heteroatoms. The van der Waals surface area contributed by atoms with E-state index >= 15 is 0 Å². The zero-order valence-corrected chi connectivity index (χ0v) is 10.9. The molecule has 1 saturated heterocycles. The number of halogens is 1. The van der Waals surface area contributed by atoms with Crippen LogP contribution in [0.2, 0.25) is 0 Å². The topological polar surface area (TPSA) is 44.2 Å². The van der Waals surface area contributed by atoms with Crippen molar-refractivity contribution in [2.75, 3.05) is 19.8 Å². The van der Waals surface area contributed by atoms with E-state index in [1.807, 2.05) is 0 Å². The van der Waals surface area contributed by atoms with Gasteiger partial charge in [-0.15, -0.1) is 10.2 Å². The summed E-state index contributed by atoms with van der Waals surface area (Å²) in [5, 5.41) is 10.2. The van der Waals surface area contributed by atoms with Gasteiger partial charge in [0, 0.05) is 0 Å². The highest BCUT2D eigenvalue weighted by molar-refractivity contribution is 9.09. The molecular weight excluding hydrogens is 280 g/mol. The second-order valence-electron chi connectivity index (χ2n) is 3.29. The van der Waals surface area contributed by atoms with E-state index < -0.39 is 0 Å². The fourth-order valence-electron chi connectivity index (χ4n) is 1.31. The van der Waals surface area contributed by atoms with Crippen LogP contribution in [-0.4, -0.2) is 30.0 Å². The van der Waals surface area contributed by atoms with E-state index in [0.717, 1.165) is 16.4 Å². The van der Waals surface area contributed by atoms with Crippen molar-refractivity contribution >= 4 is 27.3 Å². The quantitative estimate of drug-likeness (QED) is 0.803. The molecule has 1 fully saturated rings. The molecule has 4 nitrogen and oxygen atoms in total. The number of rotatable bonds is 3. The molecule has 0 N–H and O–H groups in total. The molecule has 0 spiro atoms. The van der Waals surface area contributed by atoms with Crippen LogP contribution in [0.15, 0.2) is 0 Å². The molecule has 0 amide bonds. The first-order valence-electron chi connectivity index (χ1n) is 4.98. The normalized spacial score (nSPS) is 24.0. The molecule has 1 aliphatic heterocycles. The molecule has 1 aromatic rings. The minimum atomic E-state index is -0.0263. The zero-order chi connectivity index (χ0) is 10.7. The molecule has 1 aliphatic rings. The molecule has 0 aliphatic carbocycles. The first kappa shape index (κ1) is 11.4.